The van der Waals surface area contributed by atoms with Crippen molar-refractivity contribution in [3.8, 4) is 0 Å². The lowest BCUT2D eigenvalue weighted by atomic mass is 10.1. The van der Waals surface area contributed by atoms with Gasteiger partial charge in [0.25, 0.3) is 0 Å². The van der Waals surface area contributed by atoms with Crippen LogP contribution in [0.15, 0.2) is 0 Å². The summed E-state index contributed by atoms with van der Waals surface area (Å²) in [5.41, 5.74) is 0. The Kier molecular flexibility index (Phi) is 16.8. The first-order valence-electron chi connectivity index (χ1n) is 10.2. The maximum absolute atomic E-state index is 2.55. The summed E-state index contributed by atoms with van der Waals surface area (Å²) in [6.07, 6.45) is 17.6. The Morgan fingerprint density at radius 3 is 1.50 bits per heavy atom. The summed E-state index contributed by atoms with van der Waals surface area (Å²) in [6.45, 7) is 9.77. The van der Waals surface area contributed by atoms with Gasteiger partial charge in [0.2, 0.25) is 0 Å². The lowest BCUT2D eigenvalue weighted by molar-refractivity contribution is 0.554. The summed E-state index contributed by atoms with van der Waals surface area (Å²) in [5.74, 6) is 2.75. The summed E-state index contributed by atoms with van der Waals surface area (Å²) in [5, 5.41) is 0. The van der Waals surface area contributed by atoms with E-state index < -0.39 is 8.07 Å². The number of rotatable bonds is 17. The van der Waals surface area contributed by atoms with Crippen molar-refractivity contribution in [1.82, 2.24) is 0 Å². The smallest absolute Gasteiger partial charge is 0.0471 e. The Morgan fingerprint density at radius 2 is 1.05 bits per heavy atom. The fourth-order valence-electron chi connectivity index (χ4n) is 2.82. The lowest BCUT2D eigenvalue weighted by Crippen LogP contribution is -2.22. The number of thioether (sulfide) groups is 1. The van der Waals surface area contributed by atoms with E-state index in [4.69, 9.17) is 0 Å². The van der Waals surface area contributed by atoms with Gasteiger partial charge in [0.05, 0.1) is 0 Å². The van der Waals surface area contributed by atoms with E-state index in [2.05, 4.69) is 38.7 Å². The molecule has 0 aliphatic heterocycles. The van der Waals surface area contributed by atoms with Gasteiger partial charge in [-0.15, -0.1) is 0 Å². The van der Waals surface area contributed by atoms with E-state index in [1.165, 1.54) is 94.6 Å². The van der Waals surface area contributed by atoms with Crippen LogP contribution in [0.5, 0.6) is 0 Å². The minimum absolute atomic E-state index is 0.784. The van der Waals surface area contributed by atoms with E-state index >= 15 is 0 Å². The number of hydrogen-bond donors (Lipinski definition) is 0. The topological polar surface area (TPSA) is 0 Å². The fourth-order valence-corrected chi connectivity index (χ4v) is 5.28. The maximum Gasteiger partial charge on any atom is 0.0471 e. The molecule has 0 spiro atoms. The molecule has 0 aliphatic rings. The van der Waals surface area contributed by atoms with E-state index in [-0.39, 0.29) is 0 Å². The molecule has 0 rings (SSSR count). The van der Waals surface area contributed by atoms with Crippen molar-refractivity contribution in [3.63, 3.8) is 0 Å². The molecule has 0 aromatic heterocycles. The average molecular weight is 345 g/mol. The molecule has 0 aromatic carbocycles. The van der Waals surface area contributed by atoms with E-state index in [0.717, 1.165) is 0 Å². The third-order valence-electron chi connectivity index (χ3n) is 4.95. The molecule has 0 radical (unpaired) electrons. The van der Waals surface area contributed by atoms with Crippen molar-refractivity contribution in [3.05, 3.63) is 0 Å². The molecule has 0 fully saturated rings. The molecule has 0 aromatic rings. The van der Waals surface area contributed by atoms with Crippen LogP contribution in [0.2, 0.25) is 25.2 Å². The minimum atomic E-state index is -0.784. The van der Waals surface area contributed by atoms with Gasteiger partial charge in [-0.1, -0.05) is 103 Å². The van der Waals surface area contributed by atoms with E-state index in [1.807, 2.05) is 0 Å². The predicted molar refractivity (Wildman–Crippen MR) is 111 cm³/mol. The first kappa shape index (κ1) is 22.6. The molecule has 0 aliphatic carbocycles. The molecule has 22 heavy (non-hydrogen) atoms. The monoisotopic (exact) mass is 344 g/mol. The van der Waals surface area contributed by atoms with Crippen LogP contribution in [0.3, 0.4) is 0 Å². The van der Waals surface area contributed by atoms with Crippen LogP contribution in [-0.2, 0) is 0 Å². The van der Waals surface area contributed by atoms with Crippen molar-refractivity contribution >= 4 is 19.8 Å². The highest BCUT2D eigenvalue weighted by Gasteiger charge is 2.16. The van der Waals surface area contributed by atoms with Crippen LogP contribution in [0.1, 0.15) is 90.9 Å². The highest BCUT2D eigenvalue weighted by molar-refractivity contribution is 7.99. The molecule has 0 unspecified atom stereocenters. The van der Waals surface area contributed by atoms with Gasteiger partial charge in [-0.2, -0.15) is 11.8 Å². The van der Waals surface area contributed by atoms with Crippen LogP contribution in [-0.4, -0.2) is 19.6 Å². The number of hydrogen-bond acceptors (Lipinski definition) is 1. The lowest BCUT2D eigenvalue weighted by Gasteiger charge is -2.19. The normalized spacial score (nSPS) is 12.0. The summed E-state index contributed by atoms with van der Waals surface area (Å²) >= 11 is 2.14. The third-order valence-corrected chi connectivity index (χ3v) is 9.84. The quantitative estimate of drug-likeness (QED) is 0.189. The van der Waals surface area contributed by atoms with E-state index in [0.29, 0.717) is 0 Å². The molecule has 2 heteroatoms. The largest absolute Gasteiger partial charge is 0.162 e. The molecular formula is C20H44SSi. The van der Waals surface area contributed by atoms with E-state index in [9.17, 15) is 0 Å². The molecule has 0 bridgehead atoms. The molecule has 0 saturated heterocycles. The highest BCUT2D eigenvalue weighted by atomic mass is 32.2. The molecule has 0 amide bonds. The summed E-state index contributed by atoms with van der Waals surface area (Å²) in [4.78, 5) is 0. The van der Waals surface area contributed by atoms with Crippen molar-refractivity contribution in [2.24, 2.45) is 0 Å². The van der Waals surface area contributed by atoms with Crippen molar-refractivity contribution in [2.45, 2.75) is 116 Å². The second-order valence-electron chi connectivity index (χ2n) is 7.77. The van der Waals surface area contributed by atoms with Crippen molar-refractivity contribution < 1.29 is 0 Å². The molecule has 0 atom stereocenters. The minimum Gasteiger partial charge on any atom is -0.162 e. The van der Waals surface area contributed by atoms with Crippen LogP contribution >= 0.6 is 11.8 Å². The zero-order valence-electron chi connectivity index (χ0n) is 16.2. The SMILES string of the molecule is CCCSCCCCCCCCCCCCC[Si](C)(C)CC. The Balaban J connectivity index is 3.06. The molecule has 0 saturated carbocycles. The van der Waals surface area contributed by atoms with Gasteiger partial charge < -0.3 is 0 Å². The van der Waals surface area contributed by atoms with Crippen LogP contribution < -0.4 is 0 Å². The maximum atomic E-state index is 2.55. The van der Waals surface area contributed by atoms with Gasteiger partial charge >= 0.3 is 0 Å². The van der Waals surface area contributed by atoms with Gasteiger partial charge in [-0.05, 0) is 24.3 Å². The van der Waals surface area contributed by atoms with E-state index in [1.54, 1.807) is 6.04 Å². The van der Waals surface area contributed by atoms with Gasteiger partial charge in [-0.25, -0.2) is 0 Å². The Labute approximate surface area is 147 Å². The standard InChI is InChI=1S/C20H44SSi/c1-5-18-21-19-16-14-12-10-8-7-9-11-13-15-17-20-22(3,4)6-2/h5-20H2,1-4H3. The fraction of sp³-hybridized carbons (Fsp3) is 1.00. The van der Waals surface area contributed by atoms with Crippen LogP contribution in [0.4, 0.5) is 0 Å². The van der Waals surface area contributed by atoms with Crippen molar-refractivity contribution in [2.75, 3.05) is 11.5 Å². The second-order valence-corrected chi connectivity index (χ2v) is 14.5. The Bertz CT molecular complexity index is 216. The van der Waals surface area contributed by atoms with Crippen LogP contribution in [0, 0.1) is 0 Å². The predicted octanol–water partition coefficient (Wildman–Crippen LogP) is 8.15. The first-order chi connectivity index (χ1) is 10.6. The van der Waals surface area contributed by atoms with Gasteiger partial charge in [0.1, 0.15) is 0 Å². The summed E-state index contributed by atoms with van der Waals surface area (Å²) < 4.78 is 0. The first-order valence-corrected chi connectivity index (χ1v) is 14.8. The van der Waals surface area contributed by atoms with Gasteiger partial charge in [-0.3, -0.25) is 0 Å². The highest BCUT2D eigenvalue weighted by Crippen LogP contribution is 2.19. The molecule has 0 nitrogen and oxygen atoms in total. The molecule has 134 valence electrons. The third kappa shape index (κ3) is 16.9. The zero-order valence-corrected chi connectivity index (χ0v) is 18.0. The molecule has 0 heterocycles. The molecule has 0 N–H and O–H groups in total. The molecular weight excluding hydrogens is 300 g/mol. The van der Waals surface area contributed by atoms with Crippen LogP contribution in [0.25, 0.3) is 0 Å². The van der Waals surface area contributed by atoms with Gasteiger partial charge in [0, 0.05) is 8.07 Å². The average Bonchev–Trinajstić information content (AvgIpc) is 2.51. The summed E-state index contributed by atoms with van der Waals surface area (Å²) in [6, 6.07) is 3.02. The van der Waals surface area contributed by atoms with Crippen molar-refractivity contribution in [1.29, 1.82) is 0 Å². The zero-order chi connectivity index (χ0) is 16.5. The Hall–Kier alpha value is 0.567. The second kappa shape index (κ2) is 16.4. The summed E-state index contributed by atoms with van der Waals surface area (Å²) in [7, 11) is -0.784. The number of unbranched alkanes of at least 4 members (excludes halogenated alkanes) is 10. The van der Waals surface area contributed by atoms with Gasteiger partial charge in [0.15, 0.2) is 0 Å². The Morgan fingerprint density at radius 1 is 0.591 bits per heavy atom.